The van der Waals surface area contributed by atoms with E-state index >= 15 is 0 Å². The van der Waals surface area contributed by atoms with Gasteiger partial charge in [-0.3, -0.25) is 4.79 Å². The number of rotatable bonds is 2. The largest absolute Gasteiger partial charge is 0.322 e. The van der Waals surface area contributed by atoms with E-state index in [2.05, 4.69) is 5.32 Å². The molecule has 0 aliphatic carbocycles. The number of halogens is 1. The van der Waals surface area contributed by atoms with Crippen LogP contribution in [0.15, 0.2) is 48.5 Å². The fourth-order valence-electron chi connectivity index (χ4n) is 1.57. The van der Waals surface area contributed by atoms with Crippen LogP contribution in [0.1, 0.15) is 15.9 Å². The Morgan fingerprint density at radius 2 is 1.76 bits per heavy atom. The summed E-state index contributed by atoms with van der Waals surface area (Å²) >= 11 is 5.98. The first-order valence-electron chi connectivity index (χ1n) is 5.30. The van der Waals surface area contributed by atoms with E-state index < -0.39 is 0 Å². The lowest BCUT2D eigenvalue weighted by atomic mass is 10.1. The van der Waals surface area contributed by atoms with E-state index in [0.717, 1.165) is 11.3 Å². The summed E-state index contributed by atoms with van der Waals surface area (Å²) < 4.78 is 0. The fraction of sp³-hybridized carbons (Fsp3) is 0.0714. The van der Waals surface area contributed by atoms with Gasteiger partial charge in [0, 0.05) is 16.3 Å². The summed E-state index contributed by atoms with van der Waals surface area (Å²) in [7, 11) is 0. The monoisotopic (exact) mass is 245 g/mol. The number of carbonyl (C=O) groups is 1. The molecule has 0 aliphatic heterocycles. The Morgan fingerprint density at radius 1 is 1.06 bits per heavy atom. The van der Waals surface area contributed by atoms with Gasteiger partial charge in [0.2, 0.25) is 0 Å². The third-order valence-electron chi connectivity index (χ3n) is 2.54. The molecule has 1 amide bonds. The molecular formula is C14H12ClNO. The van der Waals surface area contributed by atoms with Crippen LogP contribution in [0.2, 0.25) is 5.02 Å². The van der Waals surface area contributed by atoms with Gasteiger partial charge < -0.3 is 5.32 Å². The standard InChI is InChI=1S/C14H12ClNO/c1-10-12(8-5-9-13(10)15)14(17)16-11-6-3-2-4-7-11/h2-9H,1H3,(H,16,17). The van der Waals surface area contributed by atoms with E-state index in [0.29, 0.717) is 10.6 Å². The molecule has 0 atom stereocenters. The molecule has 1 N–H and O–H groups in total. The topological polar surface area (TPSA) is 29.1 Å². The number of anilines is 1. The van der Waals surface area contributed by atoms with Crippen molar-refractivity contribution in [3.05, 3.63) is 64.7 Å². The SMILES string of the molecule is Cc1c(Cl)cccc1C(=O)Nc1ccccc1. The van der Waals surface area contributed by atoms with Crippen LogP contribution in [0.3, 0.4) is 0 Å². The molecule has 86 valence electrons. The second-order valence-corrected chi connectivity index (χ2v) is 4.14. The normalized spacial score (nSPS) is 10.0. The molecule has 2 aromatic carbocycles. The van der Waals surface area contributed by atoms with Crippen molar-refractivity contribution in [2.45, 2.75) is 6.92 Å². The van der Waals surface area contributed by atoms with Crippen LogP contribution >= 0.6 is 11.6 Å². The molecule has 17 heavy (non-hydrogen) atoms. The van der Waals surface area contributed by atoms with Gasteiger partial charge in [0.15, 0.2) is 0 Å². The highest BCUT2D eigenvalue weighted by Gasteiger charge is 2.10. The lowest BCUT2D eigenvalue weighted by molar-refractivity contribution is 0.102. The Kier molecular flexibility index (Phi) is 3.45. The maximum atomic E-state index is 12.0. The van der Waals surface area contributed by atoms with E-state index in [1.165, 1.54) is 0 Å². The molecule has 0 spiro atoms. The Labute approximate surface area is 105 Å². The number of para-hydroxylation sites is 1. The molecule has 2 rings (SSSR count). The highest BCUT2D eigenvalue weighted by Crippen LogP contribution is 2.19. The van der Waals surface area contributed by atoms with Gasteiger partial charge >= 0.3 is 0 Å². The van der Waals surface area contributed by atoms with Gasteiger partial charge in [0.05, 0.1) is 0 Å². The zero-order chi connectivity index (χ0) is 12.3. The Bertz CT molecular complexity index is 537. The van der Waals surface area contributed by atoms with E-state index in [-0.39, 0.29) is 5.91 Å². The van der Waals surface area contributed by atoms with E-state index in [4.69, 9.17) is 11.6 Å². The third-order valence-corrected chi connectivity index (χ3v) is 2.95. The summed E-state index contributed by atoms with van der Waals surface area (Å²) in [5.41, 5.74) is 2.17. The molecule has 0 saturated carbocycles. The molecule has 0 heterocycles. The molecule has 0 radical (unpaired) electrons. The number of hydrogen-bond donors (Lipinski definition) is 1. The quantitative estimate of drug-likeness (QED) is 0.854. The van der Waals surface area contributed by atoms with Crippen molar-refractivity contribution in [2.24, 2.45) is 0 Å². The zero-order valence-corrected chi connectivity index (χ0v) is 10.2. The fourth-order valence-corrected chi connectivity index (χ4v) is 1.75. The van der Waals surface area contributed by atoms with Crippen molar-refractivity contribution in [1.29, 1.82) is 0 Å². The number of amides is 1. The van der Waals surface area contributed by atoms with E-state index in [1.807, 2.05) is 37.3 Å². The summed E-state index contributed by atoms with van der Waals surface area (Å²) in [6.45, 7) is 1.84. The highest BCUT2D eigenvalue weighted by atomic mass is 35.5. The van der Waals surface area contributed by atoms with Crippen molar-refractivity contribution < 1.29 is 4.79 Å². The number of hydrogen-bond acceptors (Lipinski definition) is 1. The molecule has 0 aliphatic rings. The minimum absolute atomic E-state index is 0.142. The number of carbonyl (C=O) groups excluding carboxylic acids is 1. The molecule has 3 heteroatoms. The highest BCUT2D eigenvalue weighted by molar-refractivity contribution is 6.32. The molecule has 0 fully saturated rings. The van der Waals surface area contributed by atoms with E-state index in [9.17, 15) is 4.79 Å². The molecular weight excluding hydrogens is 234 g/mol. The maximum absolute atomic E-state index is 12.0. The maximum Gasteiger partial charge on any atom is 0.255 e. The second-order valence-electron chi connectivity index (χ2n) is 3.73. The minimum Gasteiger partial charge on any atom is -0.322 e. The van der Waals surface area contributed by atoms with Crippen LogP contribution in [-0.2, 0) is 0 Å². The predicted molar refractivity (Wildman–Crippen MR) is 70.6 cm³/mol. The Morgan fingerprint density at radius 3 is 2.47 bits per heavy atom. The van der Waals surface area contributed by atoms with Gasteiger partial charge in [-0.15, -0.1) is 0 Å². The molecule has 0 aromatic heterocycles. The van der Waals surface area contributed by atoms with Crippen LogP contribution in [-0.4, -0.2) is 5.91 Å². The first-order chi connectivity index (χ1) is 8.18. The average molecular weight is 246 g/mol. The summed E-state index contributed by atoms with van der Waals surface area (Å²) in [5, 5.41) is 3.43. The summed E-state index contributed by atoms with van der Waals surface area (Å²) in [6, 6.07) is 14.7. The molecule has 0 bridgehead atoms. The van der Waals surface area contributed by atoms with E-state index in [1.54, 1.807) is 18.2 Å². The van der Waals surface area contributed by atoms with Crippen LogP contribution in [0.5, 0.6) is 0 Å². The minimum atomic E-state index is -0.142. The van der Waals surface area contributed by atoms with Crippen molar-refractivity contribution in [3.8, 4) is 0 Å². The molecule has 2 nitrogen and oxygen atoms in total. The van der Waals surface area contributed by atoms with Crippen molar-refractivity contribution in [3.63, 3.8) is 0 Å². The third kappa shape index (κ3) is 2.66. The van der Waals surface area contributed by atoms with Crippen LogP contribution in [0.4, 0.5) is 5.69 Å². The van der Waals surface area contributed by atoms with Crippen molar-refractivity contribution in [2.75, 3.05) is 5.32 Å². The lowest BCUT2D eigenvalue weighted by Crippen LogP contribution is -2.13. The van der Waals surface area contributed by atoms with Crippen LogP contribution in [0.25, 0.3) is 0 Å². The second kappa shape index (κ2) is 5.02. The Balaban J connectivity index is 2.24. The zero-order valence-electron chi connectivity index (χ0n) is 9.41. The first kappa shape index (κ1) is 11.7. The average Bonchev–Trinajstić information content (AvgIpc) is 2.34. The van der Waals surface area contributed by atoms with Gasteiger partial charge in [-0.25, -0.2) is 0 Å². The van der Waals surface area contributed by atoms with Gasteiger partial charge in [-0.2, -0.15) is 0 Å². The number of nitrogens with one attached hydrogen (secondary N) is 1. The molecule has 0 saturated heterocycles. The number of benzene rings is 2. The summed E-state index contributed by atoms with van der Waals surface area (Å²) in [4.78, 5) is 12.0. The van der Waals surface area contributed by atoms with Gasteiger partial charge in [-0.05, 0) is 36.8 Å². The smallest absolute Gasteiger partial charge is 0.255 e. The summed E-state index contributed by atoms with van der Waals surface area (Å²) in [6.07, 6.45) is 0. The predicted octanol–water partition coefficient (Wildman–Crippen LogP) is 3.90. The van der Waals surface area contributed by atoms with Crippen molar-refractivity contribution in [1.82, 2.24) is 0 Å². The first-order valence-corrected chi connectivity index (χ1v) is 5.68. The lowest BCUT2D eigenvalue weighted by Gasteiger charge is -2.08. The Hall–Kier alpha value is -1.80. The molecule has 0 unspecified atom stereocenters. The summed E-state index contributed by atoms with van der Waals surface area (Å²) in [5.74, 6) is -0.142. The van der Waals surface area contributed by atoms with Gasteiger partial charge in [0.25, 0.3) is 5.91 Å². The van der Waals surface area contributed by atoms with Crippen molar-refractivity contribution >= 4 is 23.2 Å². The van der Waals surface area contributed by atoms with Crippen LogP contribution in [0, 0.1) is 6.92 Å². The van der Waals surface area contributed by atoms with Gasteiger partial charge in [-0.1, -0.05) is 35.9 Å². The van der Waals surface area contributed by atoms with Crippen LogP contribution < -0.4 is 5.32 Å². The van der Waals surface area contributed by atoms with Gasteiger partial charge in [0.1, 0.15) is 0 Å². The molecule has 2 aromatic rings.